The summed E-state index contributed by atoms with van der Waals surface area (Å²) in [5, 5.41) is 0. The second-order valence-corrected chi connectivity index (χ2v) is 7.30. The molecular weight excluding hydrogens is 294 g/mol. The minimum atomic E-state index is -3.03. The summed E-state index contributed by atoms with van der Waals surface area (Å²) in [5.74, 6) is 0.956. The molecule has 1 aliphatic rings. The summed E-state index contributed by atoms with van der Waals surface area (Å²) in [6.07, 6.45) is 0.478. The first kappa shape index (κ1) is 15.6. The molecular formula is C14H19NO5S. The highest BCUT2D eigenvalue weighted by Crippen LogP contribution is 2.25. The van der Waals surface area contributed by atoms with Crippen LogP contribution in [0.1, 0.15) is 16.8 Å². The lowest BCUT2D eigenvalue weighted by molar-refractivity contribution is 0.0747. The fourth-order valence-corrected chi connectivity index (χ4v) is 4.16. The van der Waals surface area contributed by atoms with Gasteiger partial charge in [0.2, 0.25) is 0 Å². The number of rotatable bonds is 4. The van der Waals surface area contributed by atoms with Crippen molar-refractivity contribution in [1.29, 1.82) is 0 Å². The Balaban J connectivity index is 2.23. The third kappa shape index (κ3) is 3.47. The van der Waals surface area contributed by atoms with Crippen molar-refractivity contribution in [3.05, 3.63) is 23.8 Å². The van der Waals surface area contributed by atoms with Gasteiger partial charge in [0.05, 0.1) is 25.7 Å². The summed E-state index contributed by atoms with van der Waals surface area (Å²) in [4.78, 5) is 14.0. The Labute approximate surface area is 124 Å². The minimum Gasteiger partial charge on any atom is -0.497 e. The van der Waals surface area contributed by atoms with Crippen molar-refractivity contribution < 1.29 is 22.7 Å². The maximum absolute atomic E-state index is 12.5. The van der Waals surface area contributed by atoms with Gasteiger partial charge in [0, 0.05) is 24.7 Å². The molecule has 1 heterocycles. The van der Waals surface area contributed by atoms with Gasteiger partial charge >= 0.3 is 0 Å². The normalized spacial score (nSPS) is 20.0. The molecule has 0 N–H and O–H groups in total. The second kappa shape index (κ2) is 5.93. The first-order chi connectivity index (χ1) is 9.86. The molecule has 0 bridgehead atoms. The monoisotopic (exact) mass is 313 g/mol. The third-order valence-corrected chi connectivity index (χ3v) is 5.43. The van der Waals surface area contributed by atoms with Crippen LogP contribution in [0.2, 0.25) is 0 Å². The van der Waals surface area contributed by atoms with Crippen LogP contribution in [0.25, 0.3) is 0 Å². The average molecular weight is 313 g/mol. The number of nitrogens with zero attached hydrogens (tertiary/aromatic N) is 1. The highest BCUT2D eigenvalue weighted by molar-refractivity contribution is 7.91. The van der Waals surface area contributed by atoms with Gasteiger partial charge in [-0.3, -0.25) is 4.79 Å². The molecule has 0 aromatic heterocycles. The fourth-order valence-electron chi connectivity index (χ4n) is 2.38. The average Bonchev–Trinajstić information content (AvgIpc) is 2.85. The van der Waals surface area contributed by atoms with Crippen LogP contribution in [0, 0.1) is 0 Å². The summed E-state index contributed by atoms with van der Waals surface area (Å²) >= 11 is 0. The van der Waals surface area contributed by atoms with Crippen LogP contribution in [0.15, 0.2) is 18.2 Å². The molecule has 1 aromatic rings. The molecule has 0 spiro atoms. The molecule has 116 valence electrons. The van der Waals surface area contributed by atoms with Gasteiger partial charge in [0.25, 0.3) is 5.91 Å². The lowest BCUT2D eigenvalue weighted by Gasteiger charge is -2.23. The van der Waals surface area contributed by atoms with Gasteiger partial charge in [-0.2, -0.15) is 0 Å². The van der Waals surface area contributed by atoms with E-state index in [1.165, 1.54) is 19.1 Å². The second-order valence-electron chi connectivity index (χ2n) is 5.07. The minimum absolute atomic E-state index is 0.0242. The SMILES string of the molecule is COc1cc(OC)cc(C(=O)N(C)[C@@H]2CCS(=O)(=O)C2)c1. The lowest BCUT2D eigenvalue weighted by atomic mass is 10.1. The number of carbonyl (C=O) groups excluding carboxylic acids is 1. The molecule has 1 fully saturated rings. The molecule has 7 heteroatoms. The van der Waals surface area contributed by atoms with Gasteiger partial charge in [-0.15, -0.1) is 0 Å². The van der Waals surface area contributed by atoms with Crippen molar-refractivity contribution in [3.63, 3.8) is 0 Å². The van der Waals surface area contributed by atoms with Gasteiger partial charge in [-0.1, -0.05) is 0 Å². The van der Waals surface area contributed by atoms with E-state index in [-0.39, 0.29) is 23.5 Å². The van der Waals surface area contributed by atoms with E-state index in [2.05, 4.69) is 0 Å². The molecule has 0 radical (unpaired) electrons. The molecule has 0 aliphatic carbocycles. The van der Waals surface area contributed by atoms with Gasteiger partial charge in [0.1, 0.15) is 11.5 Å². The van der Waals surface area contributed by atoms with Crippen LogP contribution < -0.4 is 9.47 Å². The van der Waals surface area contributed by atoms with Crippen molar-refractivity contribution in [2.75, 3.05) is 32.8 Å². The standard InChI is InChI=1S/C14H19NO5S/c1-15(11-4-5-21(17,18)9-11)14(16)10-6-12(19-2)8-13(7-10)20-3/h6-8,11H,4-5,9H2,1-3H3/t11-/m1/s1. The Bertz CT molecular complexity index is 619. The number of ether oxygens (including phenoxy) is 2. The largest absolute Gasteiger partial charge is 0.497 e. The zero-order chi connectivity index (χ0) is 15.6. The summed E-state index contributed by atoms with van der Waals surface area (Å²) < 4.78 is 33.3. The first-order valence-corrected chi connectivity index (χ1v) is 8.39. The predicted octanol–water partition coefficient (Wildman–Crippen LogP) is 0.963. The number of amides is 1. The molecule has 0 unspecified atom stereocenters. The molecule has 21 heavy (non-hydrogen) atoms. The Morgan fingerprint density at radius 3 is 2.19 bits per heavy atom. The Morgan fingerprint density at radius 1 is 1.19 bits per heavy atom. The van der Waals surface area contributed by atoms with Crippen LogP contribution in [0.4, 0.5) is 0 Å². The zero-order valence-corrected chi connectivity index (χ0v) is 13.1. The predicted molar refractivity (Wildman–Crippen MR) is 78.7 cm³/mol. The maximum Gasteiger partial charge on any atom is 0.254 e. The molecule has 1 aliphatic heterocycles. The van der Waals surface area contributed by atoms with Crippen LogP contribution in [-0.4, -0.2) is 58.0 Å². The Morgan fingerprint density at radius 2 is 1.76 bits per heavy atom. The van der Waals surface area contributed by atoms with E-state index in [0.717, 1.165) is 0 Å². The molecule has 1 amide bonds. The van der Waals surface area contributed by atoms with E-state index >= 15 is 0 Å². The number of hydrogen-bond donors (Lipinski definition) is 0. The van der Waals surface area contributed by atoms with Crippen molar-refractivity contribution in [3.8, 4) is 11.5 Å². The number of carbonyl (C=O) groups is 1. The summed E-state index contributed by atoms with van der Waals surface area (Å²) in [7, 11) is 1.62. The van der Waals surface area contributed by atoms with Gasteiger partial charge in [0.15, 0.2) is 9.84 Å². The zero-order valence-electron chi connectivity index (χ0n) is 12.3. The summed E-state index contributed by atoms with van der Waals surface area (Å²) in [6.45, 7) is 0. The van der Waals surface area contributed by atoms with E-state index in [4.69, 9.17) is 9.47 Å². The smallest absolute Gasteiger partial charge is 0.254 e. The van der Waals surface area contributed by atoms with Crippen LogP contribution >= 0.6 is 0 Å². The topological polar surface area (TPSA) is 72.9 Å². The van der Waals surface area contributed by atoms with Crippen molar-refractivity contribution in [2.24, 2.45) is 0 Å². The number of methoxy groups -OCH3 is 2. The molecule has 1 saturated heterocycles. The van der Waals surface area contributed by atoms with Crippen LogP contribution in [-0.2, 0) is 9.84 Å². The molecule has 2 rings (SSSR count). The van der Waals surface area contributed by atoms with E-state index in [9.17, 15) is 13.2 Å². The first-order valence-electron chi connectivity index (χ1n) is 6.57. The third-order valence-electron chi connectivity index (χ3n) is 3.67. The van der Waals surface area contributed by atoms with Gasteiger partial charge in [-0.05, 0) is 18.6 Å². The van der Waals surface area contributed by atoms with E-state index in [1.54, 1.807) is 25.2 Å². The van der Waals surface area contributed by atoms with Crippen LogP contribution in [0.5, 0.6) is 11.5 Å². The fraction of sp³-hybridized carbons (Fsp3) is 0.500. The molecule has 6 nitrogen and oxygen atoms in total. The quantitative estimate of drug-likeness (QED) is 0.828. The van der Waals surface area contributed by atoms with Crippen LogP contribution in [0.3, 0.4) is 0 Å². The van der Waals surface area contributed by atoms with E-state index in [0.29, 0.717) is 23.5 Å². The Kier molecular flexibility index (Phi) is 4.41. The summed E-state index contributed by atoms with van der Waals surface area (Å²) in [6, 6.07) is 4.63. The van der Waals surface area contributed by atoms with E-state index in [1.807, 2.05) is 0 Å². The molecule has 1 atom stereocenters. The highest BCUT2D eigenvalue weighted by Gasteiger charge is 2.33. The maximum atomic E-state index is 12.5. The van der Waals surface area contributed by atoms with Crippen molar-refractivity contribution >= 4 is 15.7 Å². The molecule has 1 aromatic carbocycles. The molecule has 0 saturated carbocycles. The van der Waals surface area contributed by atoms with Crippen molar-refractivity contribution in [1.82, 2.24) is 4.90 Å². The number of sulfone groups is 1. The Hall–Kier alpha value is -1.76. The van der Waals surface area contributed by atoms with Gasteiger partial charge in [-0.25, -0.2) is 8.42 Å². The summed E-state index contributed by atoms with van der Waals surface area (Å²) in [5.41, 5.74) is 0.415. The van der Waals surface area contributed by atoms with E-state index < -0.39 is 9.84 Å². The number of hydrogen-bond acceptors (Lipinski definition) is 5. The highest BCUT2D eigenvalue weighted by atomic mass is 32.2. The lowest BCUT2D eigenvalue weighted by Crippen LogP contribution is -2.37. The van der Waals surface area contributed by atoms with Crippen molar-refractivity contribution in [2.45, 2.75) is 12.5 Å². The van der Waals surface area contributed by atoms with Gasteiger partial charge < -0.3 is 14.4 Å². The number of benzene rings is 1.